The summed E-state index contributed by atoms with van der Waals surface area (Å²) in [4.78, 5) is 4.33. The van der Waals surface area contributed by atoms with Gasteiger partial charge in [-0.25, -0.2) is 4.99 Å². The highest BCUT2D eigenvalue weighted by molar-refractivity contribution is 14.0. The van der Waals surface area contributed by atoms with Gasteiger partial charge in [0.05, 0.1) is 20.8 Å². The van der Waals surface area contributed by atoms with Crippen molar-refractivity contribution in [3.8, 4) is 11.5 Å². The van der Waals surface area contributed by atoms with E-state index in [-0.39, 0.29) is 24.0 Å². The van der Waals surface area contributed by atoms with Crippen molar-refractivity contribution in [1.82, 2.24) is 5.32 Å². The Morgan fingerprint density at radius 3 is 2.55 bits per heavy atom. The van der Waals surface area contributed by atoms with E-state index in [9.17, 15) is 0 Å². The number of anilines is 1. The minimum atomic E-state index is 0. The van der Waals surface area contributed by atoms with Gasteiger partial charge < -0.3 is 20.1 Å². The Morgan fingerprint density at radius 1 is 1.30 bits per heavy atom. The van der Waals surface area contributed by atoms with Crippen molar-refractivity contribution < 1.29 is 9.47 Å². The molecule has 0 aliphatic rings. The quantitative estimate of drug-likeness (QED) is 0.339. The second-order valence-electron chi connectivity index (χ2n) is 3.70. The molecule has 112 valence electrons. The first-order valence-electron chi connectivity index (χ1n) is 6.13. The van der Waals surface area contributed by atoms with E-state index in [0.717, 1.165) is 12.2 Å². The topological polar surface area (TPSA) is 54.9 Å². The van der Waals surface area contributed by atoms with E-state index in [2.05, 4.69) is 22.2 Å². The third kappa shape index (κ3) is 5.68. The number of ether oxygens (including phenoxy) is 2. The lowest BCUT2D eigenvalue weighted by molar-refractivity contribution is 0.355. The van der Waals surface area contributed by atoms with Crippen molar-refractivity contribution in [3.63, 3.8) is 0 Å². The van der Waals surface area contributed by atoms with Crippen molar-refractivity contribution in [3.05, 3.63) is 30.9 Å². The summed E-state index contributed by atoms with van der Waals surface area (Å²) in [6.45, 7) is 7.01. The fraction of sp³-hybridized carbons (Fsp3) is 0.357. The average Bonchev–Trinajstić information content (AvgIpc) is 2.44. The molecule has 0 heterocycles. The molecule has 0 spiro atoms. The Bertz CT molecular complexity index is 450. The third-order valence-electron chi connectivity index (χ3n) is 2.37. The number of hydrogen-bond acceptors (Lipinski definition) is 3. The summed E-state index contributed by atoms with van der Waals surface area (Å²) < 4.78 is 10.5. The van der Waals surface area contributed by atoms with E-state index in [1.54, 1.807) is 20.3 Å². The SMILES string of the molecule is C=CCN=C(NCC)Nc1ccc(OC)c(OC)c1.I. The fourth-order valence-electron chi connectivity index (χ4n) is 1.51. The zero-order valence-corrected chi connectivity index (χ0v) is 14.4. The number of guanidine groups is 1. The summed E-state index contributed by atoms with van der Waals surface area (Å²) in [5, 5.41) is 6.35. The smallest absolute Gasteiger partial charge is 0.196 e. The maximum atomic E-state index is 5.26. The Balaban J connectivity index is 0.00000361. The van der Waals surface area contributed by atoms with Crippen molar-refractivity contribution >= 4 is 35.6 Å². The second-order valence-corrected chi connectivity index (χ2v) is 3.70. The summed E-state index contributed by atoms with van der Waals surface area (Å²) in [6.07, 6.45) is 1.74. The van der Waals surface area contributed by atoms with Crippen LogP contribution in [-0.4, -0.2) is 33.3 Å². The Hall–Kier alpha value is -1.44. The molecule has 1 aromatic carbocycles. The van der Waals surface area contributed by atoms with Gasteiger partial charge in [-0.3, -0.25) is 0 Å². The van der Waals surface area contributed by atoms with Crippen LogP contribution in [0, 0.1) is 0 Å². The van der Waals surface area contributed by atoms with Gasteiger partial charge in [-0.2, -0.15) is 0 Å². The maximum absolute atomic E-state index is 5.26. The van der Waals surface area contributed by atoms with Gasteiger partial charge in [0.25, 0.3) is 0 Å². The molecule has 0 aromatic heterocycles. The number of aliphatic imine (C=N–C) groups is 1. The molecule has 0 atom stereocenters. The Morgan fingerprint density at radius 2 is 2.00 bits per heavy atom. The molecule has 0 aliphatic heterocycles. The number of nitrogens with one attached hydrogen (secondary N) is 2. The Kier molecular flexibility index (Phi) is 9.61. The first-order valence-corrected chi connectivity index (χ1v) is 6.13. The van der Waals surface area contributed by atoms with Crippen LogP contribution in [0.15, 0.2) is 35.8 Å². The Labute approximate surface area is 137 Å². The third-order valence-corrected chi connectivity index (χ3v) is 2.37. The predicted octanol–water partition coefficient (Wildman–Crippen LogP) is 2.89. The minimum absolute atomic E-state index is 0. The molecule has 6 heteroatoms. The predicted molar refractivity (Wildman–Crippen MR) is 94.8 cm³/mol. The monoisotopic (exact) mass is 391 g/mol. The molecule has 0 unspecified atom stereocenters. The van der Waals surface area contributed by atoms with Crippen LogP contribution in [0.2, 0.25) is 0 Å². The summed E-state index contributed by atoms with van der Waals surface area (Å²) in [7, 11) is 3.22. The van der Waals surface area contributed by atoms with E-state index in [1.807, 2.05) is 25.1 Å². The lowest BCUT2D eigenvalue weighted by Crippen LogP contribution is -2.30. The van der Waals surface area contributed by atoms with Gasteiger partial charge >= 0.3 is 0 Å². The first-order chi connectivity index (χ1) is 9.24. The normalized spacial score (nSPS) is 10.2. The summed E-state index contributed by atoms with van der Waals surface area (Å²) in [5.41, 5.74) is 0.876. The van der Waals surface area contributed by atoms with Crippen LogP contribution in [0.5, 0.6) is 11.5 Å². The lowest BCUT2D eigenvalue weighted by atomic mass is 10.3. The molecule has 0 bridgehead atoms. The maximum Gasteiger partial charge on any atom is 0.196 e. The zero-order valence-electron chi connectivity index (χ0n) is 12.1. The molecule has 1 aromatic rings. The average molecular weight is 391 g/mol. The zero-order chi connectivity index (χ0) is 14.1. The van der Waals surface area contributed by atoms with Gasteiger partial charge in [-0.1, -0.05) is 6.08 Å². The molecule has 1 rings (SSSR count). The number of hydrogen-bond donors (Lipinski definition) is 2. The summed E-state index contributed by atoms with van der Waals surface area (Å²) >= 11 is 0. The van der Waals surface area contributed by atoms with E-state index < -0.39 is 0 Å². The van der Waals surface area contributed by atoms with E-state index in [0.29, 0.717) is 24.0 Å². The summed E-state index contributed by atoms with van der Waals surface area (Å²) in [5.74, 6) is 2.07. The number of rotatable bonds is 6. The molecule has 5 nitrogen and oxygen atoms in total. The highest BCUT2D eigenvalue weighted by atomic mass is 127. The molecule has 0 aliphatic carbocycles. The van der Waals surface area contributed by atoms with Gasteiger partial charge in [0.15, 0.2) is 17.5 Å². The van der Waals surface area contributed by atoms with Gasteiger partial charge in [0, 0.05) is 18.3 Å². The number of methoxy groups -OCH3 is 2. The van der Waals surface area contributed by atoms with Gasteiger partial charge in [0.2, 0.25) is 0 Å². The molecule has 2 N–H and O–H groups in total. The van der Waals surface area contributed by atoms with Crippen LogP contribution in [0.1, 0.15) is 6.92 Å². The number of nitrogens with zero attached hydrogens (tertiary/aromatic N) is 1. The molecule has 0 saturated carbocycles. The molecule has 0 radical (unpaired) electrons. The van der Waals surface area contributed by atoms with Gasteiger partial charge in [-0.15, -0.1) is 30.6 Å². The van der Waals surface area contributed by atoms with Crippen LogP contribution < -0.4 is 20.1 Å². The van der Waals surface area contributed by atoms with Gasteiger partial charge in [0.1, 0.15) is 0 Å². The van der Waals surface area contributed by atoms with Crippen molar-refractivity contribution in [2.75, 3.05) is 32.6 Å². The van der Waals surface area contributed by atoms with Crippen LogP contribution in [-0.2, 0) is 0 Å². The highest BCUT2D eigenvalue weighted by Gasteiger charge is 2.05. The van der Waals surface area contributed by atoms with Crippen LogP contribution in [0.25, 0.3) is 0 Å². The second kappa shape index (κ2) is 10.4. The molecule has 0 fully saturated rings. The van der Waals surface area contributed by atoms with Gasteiger partial charge in [-0.05, 0) is 19.1 Å². The highest BCUT2D eigenvalue weighted by Crippen LogP contribution is 2.29. The number of benzene rings is 1. The fourth-order valence-corrected chi connectivity index (χ4v) is 1.51. The molecule has 20 heavy (non-hydrogen) atoms. The largest absolute Gasteiger partial charge is 0.493 e. The number of halogens is 1. The van der Waals surface area contributed by atoms with E-state index in [4.69, 9.17) is 9.47 Å². The summed E-state index contributed by atoms with van der Waals surface area (Å²) in [6, 6.07) is 5.61. The minimum Gasteiger partial charge on any atom is -0.493 e. The van der Waals surface area contributed by atoms with Crippen molar-refractivity contribution in [1.29, 1.82) is 0 Å². The van der Waals surface area contributed by atoms with Crippen LogP contribution in [0.4, 0.5) is 5.69 Å². The lowest BCUT2D eigenvalue weighted by Gasteiger charge is -2.13. The molecule has 0 amide bonds. The van der Waals surface area contributed by atoms with E-state index >= 15 is 0 Å². The van der Waals surface area contributed by atoms with Crippen LogP contribution >= 0.6 is 24.0 Å². The standard InChI is InChI=1S/C14H21N3O2.HI/c1-5-9-16-14(15-6-2)17-11-7-8-12(18-3)13(10-11)19-4;/h5,7-8,10H,1,6,9H2,2-4H3,(H2,15,16,17);1H. The molecular weight excluding hydrogens is 369 g/mol. The van der Waals surface area contributed by atoms with Crippen molar-refractivity contribution in [2.45, 2.75) is 6.92 Å². The van der Waals surface area contributed by atoms with E-state index in [1.165, 1.54) is 0 Å². The molecular formula is C14H22IN3O2. The molecule has 0 saturated heterocycles. The first kappa shape index (κ1) is 18.6. The van der Waals surface area contributed by atoms with Crippen molar-refractivity contribution in [2.24, 2.45) is 4.99 Å². The van der Waals surface area contributed by atoms with Crippen LogP contribution in [0.3, 0.4) is 0 Å².